The molecule has 0 saturated carbocycles. The summed E-state index contributed by atoms with van der Waals surface area (Å²) in [7, 11) is 0. The van der Waals surface area contributed by atoms with Crippen molar-refractivity contribution >= 4 is 5.78 Å². The number of nitrogens with zero attached hydrogens (tertiary/aromatic N) is 1. The second-order valence-corrected chi connectivity index (χ2v) is 4.83. The number of ketones is 1. The summed E-state index contributed by atoms with van der Waals surface area (Å²) >= 11 is 0. The summed E-state index contributed by atoms with van der Waals surface area (Å²) in [5, 5.41) is 26.6. The van der Waals surface area contributed by atoms with Crippen molar-refractivity contribution in [2.75, 3.05) is 0 Å². The third-order valence-electron chi connectivity index (χ3n) is 2.79. The fourth-order valence-electron chi connectivity index (χ4n) is 1.85. The van der Waals surface area contributed by atoms with Gasteiger partial charge in [-0.15, -0.1) is 35.4 Å². The first-order valence-corrected chi connectivity index (χ1v) is 7.02. The third kappa shape index (κ3) is 7.64. The molecule has 0 saturated heterocycles. The van der Waals surface area contributed by atoms with Gasteiger partial charge in [-0.1, -0.05) is 6.07 Å². The van der Waals surface area contributed by atoms with E-state index in [1.165, 1.54) is 19.9 Å². The van der Waals surface area contributed by atoms with Crippen LogP contribution in [-0.4, -0.2) is 26.1 Å². The Morgan fingerprint density at radius 1 is 1.25 bits per heavy atom. The maximum Gasteiger partial charge on any atom is 0.155 e. The van der Waals surface area contributed by atoms with Crippen LogP contribution in [0, 0.1) is 6.07 Å². The van der Waals surface area contributed by atoms with Crippen LogP contribution >= 0.6 is 0 Å². The monoisotopic (exact) mass is 509 g/mol. The minimum Gasteiger partial charge on any atom is -0.512 e. The summed E-state index contributed by atoms with van der Waals surface area (Å²) in [6.07, 6.45) is 2.81. The van der Waals surface area contributed by atoms with Crippen molar-refractivity contribution in [3.8, 4) is 11.3 Å². The van der Waals surface area contributed by atoms with Gasteiger partial charge in [-0.25, -0.2) is 0 Å². The SMILES string of the molecule is CC(=O)/C=C(/C)O.OCc1ccnc(-c2[c-]cccc2CO)c1.[Pt]. The second-order valence-electron chi connectivity index (χ2n) is 4.83. The van der Waals surface area contributed by atoms with Gasteiger partial charge in [0.2, 0.25) is 0 Å². The first-order chi connectivity index (χ1) is 11.0. The van der Waals surface area contributed by atoms with E-state index in [0.29, 0.717) is 0 Å². The van der Waals surface area contributed by atoms with Crippen LogP contribution in [0.1, 0.15) is 25.0 Å². The Bertz CT molecular complexity index is 682. The molecule has 0 amide bonds. The Morgan fingerprint density at radius 2 is 1.96 bits per heavy atom. The van der Waals surface area contributed by atoms with Crippen LogP contribution in [0.3, 0.4) is 0 Å². The first kappa shape index (κ1) is 22.2. The summed E-state index contributed by atoms with van der Waals surface area (Å²) in [4.78, 5) is 14.2. The van der Waals surface area contributed by atoms with Crippen LogP contribution in [0.4, 0.5) is 0 Å². The van der Waals surface area contributed by atoms with Crippen molar-refractivity contribution < 1.29 is 41.2 Å². The average molecular weight is 509 g/mol. The molecule has 132 valence electrons. The number of hydrogen-bond acceptors (Lipinski definition) is 5. The number of benzene rings is 1. The van der Waals surface area contributed by atoms with E-state index in [-0.39, 0.29) is 45.8 Å². The zero-order valence-electron chi connectivity index (χ0n) is 13.5. The molecule has 0 aliphatic carbocycles. The van der Waals surface area contributed by atoms with Crippen molar-refractivity contribution in [2.45, 2.75) is 27.1 Å². The summed E-state index contributed by atoms with van der Waals surface area (Å²) < 4.78 is 0. The number of allylic oxidation sites excluding steroid dienone is 2. The predicted molar refractivity (Wildman–Crippen MR) is 87.4 cm³/mol. The van der Waals surface area contributed by atoms with Gasteiger partial charge in [0.15, 0.2) is 5.78 Å². The van der Waals surface area contributed by atoms with E-state index in [1.54, 1.807) is 24.4 Å². The molecule has 24 heavy (non-hydrogen) atoms. The Hall–Kier alpha value is -1.81. The molecule has 0 aliphatic rings. The topological polar surface area (TPSA) is 90.7 Å². The van der Waals surface area contributed by atoms with Gasteiger partial charge in [0.1, 0.15) is 0 Å². The van der Waals surface area contributed by atoms with Crippen molar-refractivity contribution in [1.82, 2.24) is 4.98 Å². The number of pyridine rings is 1. The van der Waals surface area contributed by atoms with E-state index >= 15 is 0 Å². The molecule has 2 rings (SSSR count). The van der Waals surface area contributed by atoms with Crippen LogP contribution in [0.2, 0.25) is 0 Å². The van der Waals surface area contributed by atoms with E-state index in [0.717, 1.165) is 22.4 Å². The van der Waals surface area contributed by atoms with Gasteiger partial charge in [0, 0.05) is 39.9 Å². The van der Waals surface area contributed by atoms with Gasteiger partial charge >= 0.3 is 0 Å². The molecule has 0 radical (unpaired) electrons. The summed E-state index contributed by atoms with van der Waals surface area (Å²) in [5.74, 6) is -0.0625. The quantitative estimate of drug-likeness (QED) is 0.335. The molecule has 1 heterocycles. The number of aliphatic hydroxyl groups is 3. The van der Waals surface area contributed by atoms with Gasteiger partial charge in [-0.2, -0.15) is 0 Å². The fraction of sp³-hybridized carbons (Fsp3) is 0.222. The molecule has 0 atom stereocenters. The molecule has 0 unspecified atom stereocenters. The Labute approximate surface area is 156 Å². The molecule has 0 aliphatic heterocycles. The number of hydrogen-bond donors (Lipinski definition) is 3. The van der Waals surface area contributed by atoms with Crippen molar-refractivity contribution in [2.24, 2.45) is 0 Å². The van der Waals surface area contributed by atoms with Crippen LogP contribution in [0.25, 0.3) is 11.3 Å². The summed E-state index contributed by atoms with van der Waals surface area (Å²) in [6, 6.07) is 12.0. The largest absolute Gasteiger partial charge is 0.512 e. The summed E-state index contributed by atoms with van der Waals surface area (Å²) in [5.41, 5.74) is 3.08. The van der Waals surface area contributed by atoms with Crippen LogP contribution < -0.4 is 0 Å². The van der Waals surface area contributed by atoms with Gasteiger partial charge in [-0.05, 0) is 31.2 Å². The van der Waals surface area contributed by atoms with Crippen LogP contribution in [0.15, 0.2) is 48.4 Å². The second kappa shape index (κ2) is 11.7. The smallest absolute Gasteiger partial charge is 0.155 e. The molecule has 0 fully saturated rings. The standard InChI is InChI=1S/C13H12NO2.C5H8O2.Pt/c15-8-10-5-6-14-13(7-10)12-4-2-1-3-11(12)9-16;1-4(6)3-5(2)7;/h1-3,5-7,15-16H,8-9H2;3,6H,1-2H3;/q-1;;/b;4-3-;. The zero-order valence-corrected chi connectivity index (χ0v) is 15.7. The molecule has 0 bridgehead atoms. The fourth-order valence-corrected chi connectivity index (χ4v) is 1.85. The molecule has 6 heteroatoms. The number of aromatic nitrogens is 1. The van der Waals surface area contributed by atoms with E-state index in [4.69, 9.17) is 10.2 Å². The zero-order chi connectivity index (χ0) is 17.2. The van der Waals surface area contributed by atoms with Gasteiger partial charge in [-0.3, -0.25) is 4.79 Å². The van der Waals surface area contributed by atoms with Crippen LogP contribution in [-0.2, 0) is 39.1 Å². The van der Waals surface area contributed by atoms with Gasteiger partial charge in [0.25, 0.3) is 0 Å². The summed E-state index contributed by atoms with van der Waals surface area (Å²) in [6.45, 7) is 2.79. The molecule has 1 aromatic heterocycles. The Morgan fingerprint density at radius 3 is 2.46 bits per heavy atom. The number of carbonyl (C=O) groups excluding carboxylic acids is 1. The maximum atomic E-state index is 10.0. The first-order valence-electron chi connectivity index (χ1n) is 7.02. The maximum absolute atomic E-state index is 10.0. The average Bonchev–Trinajstić information content (AvgIpc) is 2.54. The number of aliphatic hydroxyl groups excluding tert-OH is 3. The van der Waals surface area contributed by atoms with Crippen molar-refractivity contribution in [3.63, 3.8) is 0 Å². The van der Waals surface area contributed by atoms with E-state index in [1.807, 2.05) is 12.1 Å². The van der Waals surface area contributed by atoms with E-state index in [2.05, 4.69) is 11.1 Å². The minimum atomic E-state index is -0.125. The van der Waals surface area contributed by atoms with Crippen LogP contribution in [0.5, 0.6) is 0 Å². The minimum absolute atomic E-state index is 0. The Kier molecular flexibility index (Phi) is 10.8. The van der Waals surface area contributed by atoms with Crippen molar-refractivity contribution in [3.05, 3.63) is 65.6 Å². The van der Waals surface area contributed by atoms with E-state index < -0.39 is 0 Å². The molecule has 1 aromatic carbocycles. The molecule has 5 nitrogen and oxygen atoms in total. The molecule has 3 N–H and O–H groups in total. The van der Waals surface area contributed by atoms with Crippen molar-refractivity contribution in [1.29, 1.82) is 0 Å². The third-order valence-corrected chi connectivity index (χ3v) is 2.79. The normalized spacial score (nSPS) is 10.2. The van der Waals surface area contributed by atoms with Gasteiger partial charge in [0.05, 0.1) is 12.4 Å². The molecule has 2 aromatic rings. The predicted octanol–water partition coefficient (Wildman–Crippen LogP) is 2.57. The molecular weight excluding hydrogens is 489 g/mol. The van der Waals surface area contributed by atoms with E-state index in [9.17, 15) is 9.90 Å². The molecule has 0 spiro atoms. The number of rotatable bonds is 4. The Balaban J connectivity index is 0.000000570. The van der Waals surface area contributed by atoms with Gasteiger partial charge < -0.3 is 20.3 Å². The molecular formula is C18H20NO4Pt-. The number of carbonyl (C=O) groups is 1.